The minimum absolute atomic E-state index is 0.0946. The highest BCUT2D eigenvalue weighted by atomic mass is 79.9. The third-order valence-electron chi connectivity index (χ3n) is 3.21. The Bertz CT molecular complexity index is 762. The van der Waals surface area contributed by atoms with Crippen LogP contribution in [0.3, 0.4) is 0 Å². The van der Waals surface area contributed by atoms with Crippen molar-refractivity contribution in [1.82, 2.24) is 5.32 Å². The standard InChI is InChI=1S/C17H18BrNO3S2/c18-14-6-8-15(9-7-14)23-12-10-17(20)19-11-13-24(21,22)16-4-2-1-3-5-16/h1-9H,10-13H2,(H,19,20). The van der Waals surface area contributed by atoms with Gasteiger partial charge in [-0.05, 0) is 36.4 Å². The molecule has 0 unspecified atom stereocenters. The first-order chi connectivity index (χ1) is 11.5. The summed E-state index contributed by atoms with van der Waals surface area (Å²) >= 11 is 4.97. The summed E-state index contributed by atoms with van der Waals surface area (Å²) < 4.78 is 25.2. The van der Waals surface area contributed by atoms with Gasteiger partial charge in [-0.1, -0.05) is 34.1 Å². The Hall–Kier alpha value is -1.31. The van der Waals surface area contributed by atoms with Gasteiger partial charge in [0.1, 0.15) is 0 Å². The molecule has 0 atom stereocenters. The first-order valence-electron chi connectivity index (χ1n) is 7.40. The van der Waals surface area contributed by atoms with Gasteiger partial charge in [0.25, 0.3) is 0 Å². The van der Waals surface area contributed by atoms with Crippen molar-refractivity contribution >= 4 is 43.4 Å². The van der Waals surface area contributed by atoms with E-state index in [-0.39, 0.29) is 23.1 Å². The van der Waals surface area contributed by atoms with Crippen LogP contribution in [-0.2, 0) is 14.6 Å². The number of hydrogen-bond donors (Lipinski definition) is 1. The highest BCUT2D eigenvalue weighted by Gasteiger charge is 2.13. The SMILES string of the molecule is O=C(CCSc1ccc(Br)cc1)NCCS(=O)(=O)c1ccccc1. The van der Waals surface area contributed by atoms with Crippen molar-refractivity contribution in [2.45, 2.75) is 16.2 Å². The smallest absolute Gasteiger partial charge is 0.220 e. The lowest BCUT2D eigenvalue weighted by atomic mass is 10.4. The van der Waals surface area contributed by atoms with Crippen LogP contribution >= 0.6 is 27.7 Å². The number of sulfone groups is 1. The lowest BCUT2D eigenvalue weighted by Gasteiger charge is -2.07. The number of hydrogen-bond acceptors (Lipinski definition) is 4. The molecule has 0 aromatic heterocycles. The molecule has 0 spiro atoms. The van der Waals surface area contributed by atoms with Crippen molar-refractivity contribution in [2.24, 2.45) is 0 Å². The van der Waals surface area contributed by atoms with Crippen molar-refractivity contribution < 1.29 is 13.2 Å². The highest BCUT2D eigenvalue weighted by molar-refractivity contribution is 9.10. The number of halogens is 1. The summed E-state index contributed by atoms with van der Waals surface area (Å²) in [7, 11) is -3.35. The summed E-state index contributed by atoms with van der Waals surface area (Å²) in [4.78, 5) is 13.2. The average Bonchev–Trinajstić information content (AvgIpc) is 2.57. The number of carbonyl (C=O) groups excluding carboxylic acids is 1. The molecule has 7 heteroatoms. The second kappa shape index (κ2) is 9.25. The maximum absolute atomic E-state index is 12.1. The highest BCUT2D eigenvalue weighted by Crippen LogP contribution is 2.21. The van der Waals surface area contributed by atoms with Crippen molar-refractivity contribution in [3.05, 3.63) is 59.1 Å². The van der Waals surface area contributed by atoms with Gasteiger partial charge in [0.2, 0.25) is 5.91 Å². The zero-order valence-electron chi connectivity index (χ0n) is 12.9. The monoisotopic (exact) mass is 427 g/mol. The fourth-order valence-electron chi connectivity index (χ4n) is 1.95. The minimum Gasteiger partial charge on any atom is -0.355 e. The van der Waals surface area contributed by atoms with Gasteiger partial charge in [0.05, 0.1) is 10.6 Å². The summed E-state index contributed by atoms with van der Waals surface area (Å²) in [5, 5.41) is 2.66. The van der Waals surface area contributed by atoms with E-state index in [1.807, 2.05) is 24.3 Å². The number of benzene rings is 2. The van der Waals surface area contributed by atoms with Crippen molar-refractivity contribution in [1.29, 1.82) is 0 Å². The molecule has 0 fully saturated rings. The summed E-state index contributed by atoms with van der Waals surface area (Å²) in [5.41, 5.74) is 0. The first kappa shape index (κ1) is 19.0. The third kappa shape index (κ3) is 6.30. The third-order valence-corrected chi connectivity index (χ3v) is 6.48. The Morgan fingerprint density at radius 1 is 1.04 bits per heavy atom. The predicted molar refractivity (Wildman–Crippen MR) is 101 cm³/mol. The van der Waals surface area contributed by atoms with Crippen LogP contribution in [-0.4, -0.2) is 32.4 Å². The van der Waals surface area contributed by atoms with Crippen LogP contribution in [0.4, 0.5) is 0 Å². The molecule has 2 aromatic carbocycles. The minimum atomic E-state index is -3.35. The maximum Gasteiger partial charge on any atom is 0.220 e. The zero-order chi connectivity index (χ0) is 17.4. The molecule has 0 aliphatic heterocycles. The van der Waals surface area contributed by atoms with E-state index in [1.165, 1.54) is 0 Å². The van der Waals surface area contributed by atoms with Crippen LogP contribution in [0.1, 0.15) is 6.42 Å². The number of nitrogens with one attached hydrogen (secondary N) is 1. The van der Waals surface area contributed by atoms with Gasteiger partial charge in [-0.25, -0.2) is 8.42 Å². The molecule has 0 aliphatic rings. The Morgan fingerprint density at radius 2 is 1.71 bits per heavy atom. The largest absolute Gasteiger partial charge is 0.355 e. The topological polar surface area (TPSA) is 63.2 Å². The van der Waals surface area contributed by atoms with Crippen molar-refractivity contribution in [3.8, 4) is 0 Å². The van der Waals surface area contributed by atoms with Gasteiger partial charge in [-0.2, -0.15) is 0 Å². The van der Waals surface area contributed by atoms with Gasteiger partial charge < -0.3 is 5.32 Å². The zero-order valence-corrected chi connectivity index (χ0v) is 16.2. The number of amides is 1. The van der Waals surface area contributed by atoms with Crippen LogP contribution in [0.15, 0.2) is 68.9 Å². The molecular weight excluding hydrogens is 410 g/mol. The molecule has 2 aromatic rings. The van der Waals surface area contributed by atoms with E-state index in [4.69, 9.17) is 0 Å². The Balaban J connectivity index is 1.69. The summed E-state index contributed by atoms with van der Waals surface area (Å²) in [5.74, 6) is 0.421. The summed E-state index contributed by atoms with van der Waals surface area (Å²) in [6.07, 6.45) is 0.353. The molecule has 1 N–H and O–H groups in total. The van der Waals surface area contributed by atoms with E-state index in [0.29, 0.717) is 12.2 Å². The predicted octanol–water partition coefficient (Wildman–Crippen LogP) is 3.52. The van der Waals surface area contributed by atoms with E-state index >= 15 is 0 Å². The molecule has 1 amide bonds. The molecule has 0 radical (unpaired) electrons. The molecule has 128 valence electrons. The van der Waals surface area contributed by atoms with Crippen LogP contribution in [0.5, 0.6) is 0 Å². The number of thioether (sulfide) groups is 1. The Labute approximate surface area is 155 Å². The van der Waals surface area contributed by atoms with E-state index in [2.05, 4.69) is 21.2 Å². The number of carbonyl (C=O) groups is 1. The second-order valence-corrected chi connectivity index (χ2v) is 9.23. The summed E-state index contributed by atoms with van der Waals surface area (Å²) in [6, 6.07) is 16.1. The molecule has 0 saturated heterocycles. The van der Waals surface area contributed by atoms with Gasteiger partial charge in [0.15, 0.2) is 9.84 Å². The van der Waals surface area contributed by atoms with Crippen LogP contribution < -0.4 is 5.32 Å². The normalized spacial score (nSPS) is 11.2. The molecule has 0 bridgehead atoms. The molecule has 0 heterocycles. The molecule has 2 rings (SSSR count). The summed E-state index contributed by atoms with van der Waals surface area (Å²) in [6.45, 7) is 0.124. The first-order valence-corrected chi connectivity index (χ1v) is 10.8. The lowest BCUT2D eigenvalue weighted by molar-refractivity contribution is -0.120. The number of rotatable bonds is 8. The molecule has 0 saturated carbocycles. The molecule has 0 aliphatic carbocycles. The average molecular weight is 428 g/mol. The molecule has 24 heavy (non-hydrogen) atoms. The van der Waals surface area contributed by atoms with Gasteiger partial charge in [-0.3, -0.25) is 4.79 Å². The van der Waals surface area contributed by atoms with E-state index in [9.17, 15) is 13.2 Å². The molecule has 4 nitrogen and oxygen atoms in total. The Kier molecular flexibility index (Phi) is 7.33. The van der Waals surface area contributed by atoms with Crippen molar-refractivity contribution in [3.63, 3.8) is 0 Å². The van der Waals surface area contributed by atoms with Gasteiger partial charge in [-0.15, -0.1) is 11.8 Å². The molecular formula is C17H18BrNO3S2. The van der Waals surface area contributed by atoms with Gasteiger partial charge >= 0.3 is 0 Å². The van der Waals surface area contributed by atoms with Crippen LogP contribution in [0.2, 0.25) is 0 Å². The van der Waals surface area contributed by atoms with Gasteiger partial charge in [0, 0.05) is 28.1 Å². The van der Waals surface area contributed by atoms with E-state index in [1.54, 1.807) is 42.1 Å². The maximum atomic E-state index is 12.1. The fourth-order valence-corrected chi connectivity index (χ4v) is 4.25. The quantitative estimate of drug-likeness (QED) is 0.654. The van der Waals surface area contributed by atoms with Crippen molar-refractivity contribution in [2.75, 3.05) is 18.1 Å². The van der Waals surface area contributed by atoms with E-state index in [0.717, 1.165) is 9.37 Å². The second-order valence-electron chi connectivity index (χ2n) is 5.03. The van der Waals surface area contributed by atoms with E-state index < -0.39 is 9.84 Å². The fraction of sp³-hybridized carbons (Fsp3) is 0.235. The lowest BCUT2D eigenvalue weighted by Crippen LogP contribution is -2.29. The van der Waals surface area contributed by atoms with Crippen LogP contribution in [0, 0.1) is 0 Å². The van der Waals surface area contributed by atoms with Crippen LogP contribution in [0.25, 0.3) is 0 Å². The Morgan fingerprint density at radius 3 is 2.38 bits per heavy atom.